The zero-order valence-electron chi connectivity index (χ0n) is 17.5. The first-order valence-corrected chi connectivity index (χ1v) is 12.5. The number of anilines is 1. The lowest BCUT2D eigenvalue weighted by Gasteiger charge is -2.36. The van der Waals surface area contributed by atoms with Crippen LogP contribution in [0.1, 0.15) is 10.4 Å². The predicted octanol–water partition coefficient (Wildman–Crippen LogP) is 4.34. The molecule has 180 valence electrons. The number of ketones is 1. The van der Waals surface area contributed by atoms with Crippen LogP contribution in [0.15, 0.2) is 41.3 Å². The summed E-state index contributed by atoms with van der Waals surface area (Å²) in [5.74, 6) is -0.833. The van der Waals surface area contributed by atoms with Crippen LogP contribution in [0.3, 0.4) is 0 Å². The molecule has 0 spiro atoms. The molecule has 0 aliphatic carbocycles. The third kappa shape index (κ3) is 6.99. The largest absolute Gasteiger partial charge is 0.483 e. The third-order valence-electron chi connectivity index (χ3n) is 5.08. The molecule has 0 bridgehead atoms. The monoisotopic (exact) mass is 524 g/mol. The van der Waals surface area contributed by atoms with Crippen molar-refractivity contribution in [3.8, 4) is 5.75 Å². The Labute approximate surface area is 199 Å². The number of sulfone groups is 1. The summed E-state index contributed by atoms with van der Waals surface area (Å²) >= 11 is 12.0. The number of rotatable bonds is 7. The van der Waals surface area contributed by atoms with Gasteiger partial charge in [0.15, 0.2) is 22.2 Å². The molecule has 0 saturated carbocycles. The summed E-state index contributed by atoms with van der Waals surface area (Å²) in [4.78, 5) is 16.7. The summed E-state index contributed by atoms with van der Waals surface area (Å²) in [5.41, 5.74) is 0.688. The van der Waals surface area contributed by atoms with Crippen LogP contribution >= 0.6 is 23.2 Å². The minimum Gasteiger partial charge on any atom is -0.483 e. The fourth-order valence-electron chi connectivity index (χ4n) is 3.38. The van der Waals surface area contributed by atoms with E-state index in [1.54, 1.807) is 12.1 Å². The lowest BCUT2D eigenvalue weighted by molar-refractivity contribution is -0.153. The number of hydrogen-bond donors (Lipinski definition) is 0. The fraction of sp³-hybridized carbons (Fsp3) is 0.381. The van der Waals surface area contributed by atoms with Gasteiger partial charge in [-0.1, -0.05) is 23.2 Å². The summed E-state index contributed by atoms with van der Waals surface area (Å²) in [6.07, 6.45) is -3.65. The van der Waals surface area contributed by atoms with E-state index in [1.165, 1.54) is 0 Å². The number of Topliss-reactive ketones (excluding diaryl/α,β-unsaturated/α-hetero) is 1. The predicted molar refractivity (Wildman–Crippen MR) is 121 cm³/mol. The smallest absolute Gasteiger partial charge is 0.422 e. The average molecular weight is 525 g/mol. The molecule has 3 rings (SSSR count). The number of nitrogens with zero attached hydrogens (tertiary/aromatic N) is 2. The maximum atomic E-state index is 12.9. The number of halogens is 5. The molecule has 2 aromatic carbocycles. The van der Waals surface area contributed by atoms with Crippen LogP contribution < -0.4 is 9.64 Å². The van der Waals surface area contributed by atoms with Crippen molar-refractivity contribution in [1.82, 2.24) is 4.90 Å². The van der Waals surface area contributed by atoms with Crippen LogP contribution in [-0.2, 0) is 9.84 Å². The molecule has 6 nitrogen and oxygen atoms in total. The van der Waals surface area contributed by atoms with Gasteiger partial charge in [0, 0.05) is 38.1 Å². The minimum atomic E-state index is -4.60. The van der Waals surface area contributed by atoms with Crippen molar-refractivity contribution in [1.29, 1.82) is 0 Å². The Morgan fingerprint density at radius 1 is 1.03 bits per heavy atom. The first-order valence-electron chi connectivity index (χ1n) is 9.83. The average Bonchev–Trinajstić information content (AvgIpc) is 2.73. The van der Waals surface area contributed by atoms with E-state index in [1.807, 2.05) is 11.0 Å². The molecule has 33 heavy (non-hydrogen) atoms. The Morgan fingerprint density at radius 3 is 2.27 bits per heavy atom. The Balaban J connectivity index is 1.71. The SMILES string of the molecule is CS(=O)(=O)c1ccc(OCC(F)(F)F)c(C(=O)CN2CCN(c3ccc(Cl)c(Cl)c3)CC2)c1. The number of carbonyl (C=O) groups is 1. The van der Waals surface area contributed by atoms with E-state index >= 15 is 0 Å². The van der Waals surface area contributed by atoms with Gasteiger partial charge in [-0.3, -0.25) is 9.69 Å². The zero-order valence-corrected chi connectivity index (χ0v) is 19.9. The topological polar surface area (TPSA) is 66.9 Å². The summed E-state index contributed by atoms with van der Waals surface area (Å²) < 4.78 is 66.4. The number of benzene rings is 2. The second kappa shape index (κ2) is 10.1. The van der Waals surface area contributed by atoms with Crippen molar-refractivity contribution in [2.45, 2.75) is 11.1 Å². The van der Waals surface area contributed by atoms with Gasteiger partial charge in [0.2, 0.25) is 0 Å². The summed E-state index contributed by atoms with van der Waals surface area (Å²) in [5, 5.41) is 0.883. The number of carbonyl (C=O) groups excluding carboxylic acids is 1. The molecule has 12 heteroatoms. The third-order valence-corrected chi connectivity index (χ3v) is 6.93. The molecular weight excluding hydrogens is 504 g/mol. The molecule has 0 radical (unpaired) electrons. The lowest BCUT2D eigenvalue weighted by atomic mass is 10.1. The lowest BCUT2D eigenvalue weighted by Crippen LogP contribution is -2.48. The second-order valence-electron chi connectivity index (χ2n) is 7.62. The van der Waals surface area contributed by atoms with Gasteiger partial charge in [-0.05, 0) is 36.4 Å². The highest BCUT2D eigenvalue weighted by Gasteiger charge is 2.30. The number of hydrogen-bond acceptors (Lipinski definition) is 6. The molecular formula is C21H21Cl2F3N2O4S. The molecule has 1 aliphatic heterocycles. The Kier molecular flexibility index (Phi) is 7.83. The number of ether oxygens (including phenoxy) is 1. The van der Waals surface area contributed by atoms with E-state index in [0.29, 0.717) is 36.2 Å². The Morgan fingerprint density at radius 2 is 1.70 bits per heavy atom. The van der Waals surface area contributed by atoms with E-state index in [2.05, 4.69) is 4.90 Å². The Hall–Kier alpha value is -2.01. The van der Waals surface area contributed by atoms with E-state index in [9.17, 15) is 26.4 Å². The first kappa shape index (κ1) is 25.6. The second-order valence-corrected chi connectivity index (χ2v) is 10.4. The standard InChI is InChI=1S/C21H21Cl2F3N2O4S/c1-33(30,31)15-3-5-20(32-13-21(24,25)26)16(11-15)19(29)12-27-6-8-28(9-7-27)14-2-4-17(22)18(23)10-14/h2-5,10-11H,6-9,12-13H2,1H3. The van der Waals surface area contributed by atoms with Gasteiger partial charge in [-0.25, -0.2) is 8.42 Å². The maximum absolute atomic E-state index is 12.9. The van der Waals surface area contributed by atoms with Crippen molar-refractivity contribution in [3.63, 3.8) is 0 Å². The van der Waals surface area contributed by atoms with Gasteiger partial charge < -0.3 is 9.64 Å². The van der Waals surface area contributed by atoms with Gasteiger partial charge >= 0.3 is 6.18 Å². The molecule has 1 heterocycles. The maximum Gasteiger partial charge on any atom is 0.422 e. The molecule has 1 aliphatic rings. The molecule has 0 unspecified atom stereocenters. The normalized spacial score (nSPS) is 15.5. The summed E-state index contributed by atoms with van der Waals surface area (Å²) in [6, 6.07) is 8.56. The van der Waals surface area contributed by atoms with Crippen molar-refractivity contribution in [2.24, 2.45) is 0 Å². The number of piperazine rings is 1. The number of alkyl halides is 3. The van der Waals surface area contributed by atoms with Gasteiger partial charge in [0.05, 0.1) is 27.0 Å². The molecule has 0 atom stereocenters. The van der Waals surface area contributed by atoms with Gasteiger partial charge in [-0.15, -0.1) is 0 Å². The van der Waals surface area contributed by atoms with Crippen LogP contribution in [0.25, 0.3) is 0 Å². The van der Waals surface area contributed by atoms with Crippen LogP contribution in [0.4, 0.5) is 18.9 Å². The van der Waals surface area contributed by atoms with Crippen LogP contribution in [0.5, 0.6) is 5.75 Å². The van der Waals surface area contributed by atoms with Crippen molar-refractivity contribution in [2.75, 3.05) is 50.5 Å². The van der Waals surface area contributed by atoms with Crippen molar-refractivity contribution in [3.05, 3.63) is 52.0 Å². The highest BCUT2D eigenvalue weighted by Crippen LogP contribution is 2.29. The van der Waals surface area contributed by atoms with Crippen LogP contribution in [-0.4, -0.2) is 70.9 Å². The molecule has 0 aromatic heterocycles. The van der Waals surface area contributed by atoms with Crippen LogP contribution in [0, 0.1) is 0 Å². The van der Waals surface area contributed by atoms with Gasteiger partial charge in [-0.2, -0.15) is 13.2 Å². The van der Waals surface area contributed by atoms with Gasteiger partial charge in [0.1, 0.15) is 5.75 Å². The van der Waals surface area contributed by atoms with Gasteiger partial charge in [0.25, 0.3) is 0 Å². The van der Waals surface area contributed by atoms with E-state index in [-0.39, 0.29) is 22.8 Å². The zero-order chi connectivity index (χ0) is 24.4. The quantitative estimate of drug-likeness (QED) is 0.502. The fourth-order valence-corrected chi connectivity index (χ4v) is 4.32. The highest BCUT2D eigenvalue weighted by molar-refractivity contribution is 7.90. The van der Waals surface area contributed by atoms with Crippen LogP contribution in [0.2, 0.25) is 10.0 Å². The van der Waals surface area contributed by atoms with Crippen molar-refractivity contribution < 1.29 is 31.1 Å². The molecule has 1 saturated heterocycles. The summed E-state index contributed by atoms with van der Waals surface area (Å²) in [7, 11) is -3.67. The molecule has 0 N–H and O–H groups in total. The van der Waals surface area contributed by atoms with E-state index in [4.69, 9.17) is 27.9 Å². The van der Waals surface area contributed by atoms with Crippen molar-refractivity contribution >= 4 is 44.5 Å². The molecule has 2 aromatic rings. The molecule has 1 fully saturated rings. The first-order chi connectivity index (χ1) is 15.3. The van der Waals surface area contributed by atoms with E-state index < -0.39 is 28.4 Å². The van der Waals surface area contributed by atoms with E-state index in [0.717, 1.165) is 30.1 Å². The minimum absolute atomic E-state index is 0.0925. The summed E-state index contributed by atoms with van der Waals surface area (Å²) in [6.45, 7) is 0.518. The Bertz CT molecular complexity index is 1130. The molecule has 0 amide bonds. The highest BCUT2D eigenvalue weighted by atomic mass is 35.5.